The van der Waals surface area contributed by atoms with E-state index in [4.69, 9.17) is 0 Å². The number of nitrogens with zero attached hydrogens (tertiary/aromatic N) is 1. The van der Waals surface area contributed by atoms with E-state index in [0.717, 1.165) is 29.5 Å². The number of hydrogen-bond donors (Lipinski definition) is 3. The van der Waals surface area contributed by atoms with Gasteiger partial charge in [-0.3, -0.25) is 0 Å². The van der Waals surface area contributed by atoms with Crippen LogP contribution < -0.4 is 0 Å². The molecule has 1 aromatic heterocycles. The second-order valence-corrected chi connectivity index (χ2v) is 7.37. The average Bonchev–Trinajstić information content (AvgIpc) is 2.91. The van der Waals surface area contributed by atoms with Gasteiger partial charge in [0.25, 0.3) is 6.43 Å². The van der Waals surface area contributed by atoms with Crippen molar-refractivity contribution in [3.63, 3.8) is 0 Å². The minimum absolute atomic E-state index is 0.212. The maximum absolute atomic E-state index is 14.7. The van der Waals surface area contributed by atoms with Gasteiger partial charge in [0.15, 0.2) is 0 Å². The first-order valence-electron chi connectivity index (χ1n) is 7.33. The lowest BCUT2D eigenvalue weighted by molar-refractivity contribution is 0.0685. The van der Waals surface area contributed by atoms with Crippen LogP contribution in [-0.4, -0.2) is 27.1 Å². The van der Waals surface area contributed by atoms with Crippen molar-refractivity contribution in [1.29, 1.82) is 0 Å². The van der Waals surface area contributed by atoms with E-state index in [-0.39, 0.29) is 11.1 Å². The number of carboxylic acids is 2. The fourth-order valence-corrected chi connectivity index (χ4v) is 4.03. The summed E-state index contributed by atoms with van der Waals surface area (Å²) >= 11 is 5.12. The molecule has 0 saturated carbocycles. The maximum atomic E-state index is 14.7. The predicted molar refractivity (Wildman–Crippen MR) is 95.9 cm³/mol. The number of aryl methyl sites for hydroxylation is 1. The quantitative estimate of drug-likeness (QED) is 0.522. The van der Waals surface area contributed by atoms with Gasteiger partial charge in [-0.1, -0.05) is 0 Å². The zero-order chi connectivity index (χ0) is 20.0. The van der Waals surface area contributed by atoms with Gasteiger partial charge in [0.2, 0.25) is 0 Å². The van der Waals surface area contributed by atoms with Crippen LogP contribution in [0.25, 0.3) is 21.3 Å². The minimum atomic E-state index is -3.19. The van der Waals surface area contributed by atoms with Crippen molar-refractivity contribution < 1.29 is 33.0 Å². The van der Waals surface area contributed by atoms with E-state index in [2.05, 4.69) is 17.6 Å². The second kappa shape index (κ2) is 6.86. The molecule has 0 aliphatic rings. The smallest absolute Gasteiger partial charge is 0.336 e. The highest BCUT2D eigenvalue weighted by Crippen LogP contribution is 2.40. The SMILES string of the molecule is Cc1cc(C(=O)O)c(-c2cc3nc(S)sc3cc2F)c(C(=O)O)c1C(F)F. The molecule has 0 atom stereocenters. The third-order valence-corrected chi connectivity index (χ3v) is 5.17. The highest BCUT2D eigenvalue weighted by atomic mass is 32.2. The van der Waals surface area contributed by atoms with Crippen LogP contribution in [0.1, 0.15) is 38.3 Å². The molecule has 0 spiro atoms. The van der Waals surface area contributed by atoms with Gasteiger partial charge in [-0.25, -0.2) is 27.7 Å². The predicted octanol–water partition coefficient (Wildman–Crippen LogP) is 5.03. The Balaban J connectivity index is 2.50. The molecule has 0 saturated heterocycles. The first-order valence-corrected chi connectivity index (χ1v) is 8.59. The standard InChI is InChI=1S/C17H10F3NO4S2/c1-5-2-7(15(22)23)12(13(16(24)25)11(5)14(19)20)6-3-9-10(4-8(6)18)27-17(26)21-9/h2-4,14H,1H3,(H,21,26)(H,22,23)(H,24,25). The molecule has 0 bridgehead atoms. The van der Waals surface area contributed by atoms with Gasteiger partial charge < -0.3 is 10.2 Å². The third kappa shape index (κ3) is 3.26. The number of thiol groups is 1. The Bertz CT molecular complexity index is 1110. The molecule has 3 rings (SSSR count). The molecule has 0 amide bonds. The number of carboxylic acid groups (broad SMARTS) is 2. The highest BCUT2D eigenvalue weighted by molar-refractivity contribution is 7.82. The van der Waals surface area contributed by atoms with Gasteiger partial charge in [-0.15, -0.1) is 24.0 Å². The zero-order valence-electron chi connectivity index (χ0n) is 13.5. The first-order chi connectivity index (χ1) is 12.6. The number of halogens is 3. The molecule has 0 aliphatic carbocycles. The van der Waals surface area contributed by atoms with E-state index in [1.165, 1.54) is 6.92 Å². The van der Waals surface area contributed by atoms with E-state index in [1.807, 2.05) is 0 Å². The molecule has 5 nitrogen and oxygen atoms in total. The molecule has 10 heteroatoms. The molecule has 3 aromatic rings. The minimum Gasteiger partial charge on any atom is -0.478 e. The molecule has 140 valence electrons. The van der Waals surface area contributed by atoms with Crippen LogP contribution in [0, 0.1) is 12.7 Å². The Hall–Kier alpha value is -2.59. The number of rotatable bonds is 4. The normalized spacial score (nSPS) is 11.3. The van der Waals surface area contributed by atoms with Gasteiger partial charge in [0, 0.05) is 16.7 Å². The van der Waals surface area contributed by atoms with Gasteiger partial charge in [0.1, 0.15) is 10.2 Å². The number of hydrogen-bond acceptors (Lipinski definition) is 5. The van der Waals surface area contributed by atoms with Crippen molar-refractivity contribution in [1.82, 2.24) is 4.98 Å². The first kappa shape index (κ1) is 19.2. The van der Waals surface area contributed by atoms with Crippen molar-refractivity contribution in [2.45, 2.75) is 17.7 Å². The summed E-state index contributed by atoms with van der Waals surface area (Å²) in [7, 11) is 0. The maximum Gasteiger partial charge on any atom is 0.336 e. The van der Waals surface area contributed by atoms with E-state index in [9.17, 15) is 33.0 Å². The number of aromatic carboxylic acids is 2. The van der Waals surface area contributed by atoms with Crippen molar-refractivity contribution in [2.24, 2.45) is 0 Å². The number of aromatic nitrogens is 1. The summed E-state index contributed by atoms with van der Waals surface area (Å²) in [4.78, 5) is 27.4. The Morgan fingerprint density at radius 3 is 2.41 bits per heavy atom. The zero-order valence-corrected chi connectivity index (χ0v) is 15.2. The molecule has 0 fully saturated rings. The van der Waals surface area contributed by atoms with E-state index in [1.54, 1.807) is 0 Å². The summed E-state index contributed by atoms with van der Waals surface area (Å²) in [6.07, 6.45) is -3.19. The van der Waals surface area contributed by atoms with Gasteiger partial charge in [0.05, 0.1) is 21.3 Å². The van der Waals surface area contributed by atoms with Crippen molar-refractivity contribution in [2.75, 3.05) is 0 Å². The summed E-state index contributed by atoms with van der Waals surface area (Å²) in [6, 6.07) is 3.10. The van der Waals surface area contributed by atoms with Crippen molar-refractivity contribution in [3.05, 3.63) is 46.3 Å². The number of fused-ring (bicyclic) bond motifs is 1. The lowest BCUT2D eigenvalue weighted by atomic mass is 9.87. The number of carbonyl (C=O) groups is 2. The monoisotopic (exact) mass is 413 g/mol. The summed E-state index contributed by atoms with van der Waals surface area (Å²) in [6.45, 7) is 1.18. The molecule has 2 aromatic carbocycles. The van der Waals surface area contributed by atoms with E-state index >= 15 is 0 Å². The number of alkyl halides is 2. The Labute approximate surface area is 159 Å². The van der Waals surface area contributed by atoms with Gasteiger partial charge >= 0.3 is 11.9 Å². The van der Waals surface area contributed by atoms with Crippen LogP contribution >= 0.6 is 24.0 Å². The van der Waals surface area contributed by atoms with Crippen LogP contribution in [-0.2, 0) is 0 Å². The molecule has 0 radical (unpaired) electrons. The Morgan fingerprint density at radius 2 is 1.85 bits per heavy atom. The Morgan fingerprint density at radius 1 is 1.19 bits per heavy atom. The van der Waals surface area contributed by atoms with Crippen molar-refractivity contribution >= 4 is 46.1 Å². The van der Waals surface area contributed by atoms with Gasteiger partial charge in [-0.2, -0.15) is 0 Å². The average molecular weight is 413 g/mol. The summed E-state index contributed by atoms with van der Waals surface area (Å²) in [5.74, 6) is -4.29. The number of benzene rings is 2. The highest BCUT2D eigenvalue weighted by Gasteiger charge is 2.30. The molecular weight excluding hydrogens is 403 g/mol. The molecule has 2 N–H and O–H groups in total. The van der Waals surface area contributed by atoms with Crippen LogP contribution in [0.2, 0.25) is 0 Å². The largest absolute Gasteiger partial charge is 0.478 e. The van der Waals surface area contributed by atoms with E-state index in [0.29, 0.717) is 9.04 Å². The summed E-state index contributed by atoms with van der Waals surface area (Å²) < 4.78 is 42.4. The Kier molecular flexibility index (Phi) is 4.87. The molecule has 1 heterocycles. The van der Waals surface area contributed by atoms with Crippen LogP contribution in [0.4, 0.5) is 13.2 Å². The fourth-order valence-electron chi connectivity index (χ4n) is 2.91. The van der Waals surface area contributed by atoms with E-state index < -0.39 is 52.0 Å². The molecule has 0 aliphatic heterocycles. The topological polar surface area (TPSA) is 87.5 Å². The van der Waals surface area contributed by atoms with Crippen LogP contribution in [0.5, 0.6) is 0 Å². The lowest BCUT2D eigenvalue weighted by Gasteiger charge is -2.17. The fraction of sp³-hybridized carbons (Fsp3) is 0.118. The molecule has 27 heavy (non-hydrogen) atoms. The summed E-state index contributed by atoms with van der Waals surface area (Å²) in [5.41, 5.74) is -3.41. The van der Waals surface area contributed by atoms with Crippen LogP contribution in [0.15, 0.2) is 22.5 Å². The lowest BCUT2D eigenvalue weighted by Crippen LogP contribution is -2.13. The molecular formula is C17H10F3NO4S2. The molecule has 0 unspecified atom stereocenters. The number of thiazole rings is 1. The summed E-state index contributed by atoms with van der Waals surface area (Å²) in [5, 5.41) is 19.0. The second-order valence-electron chi connectivity index (χ2n) is 5.61. The van der Waals surface area contributed by atoms with Crippen molar-refractivity contribution in [3.8, 4) is 11.1 Å². The third-order valence-electron chi connectivity index (χ3n) is 3.97. The van der Waals surface area contributed by atoms with Gasteiger partial charge in [-0.05, 0) is 30.7 Å². The van der Waals surface area contributed by atoms with Crippen LogP contribution in [0.3, 0.4) is 0 Å².